The number of Topliss-reactive ketones (excluding diaryl/α,β-unsaturated/α-hetero) is 4. The van der Waals surface area contributed by atoms with Gasteiger partial charge in [0.1, 0.15) is 0 Å². The summed E-state index contributed by atoms with van der Waals surface area (Å²) in [7, 11) is 0. The van der Waals surface area contributed by atoms with Crippen LogP contribution in [0.3, 0.4) is 0 Å². The fourth-order valence-electron chi connectivity index (χ4n) is 13.2. The Labute approximate surface area is 413 Å². The average molecular weight is 941 g/mol. The molecule has 72 heavy (non-hydrogen) atoms. The fraction of sp³-hybridized carbons (Fsp3) is 0.188. The molecule has 0 amide bonds. The fourth-order valence-corrected chi connectivity index (χ4v) is 13.2. The van der Waals surface area contributed by atoms with Gasteiger partial charge in [0.25, 0.3) is 0 Å². The van der Waals surface area contributed by atoms with Gasteiger partial charge in [-0.3, -0.25) is 19.2 Å². The lowest BCUT2D eigenvalue weighted by molar-refractivity contribution is -0.231. The second-order valence-electron chi connectivity index (χ2n) is 21.0. The summed E-state index contributed by atoms with van der Waals surface area (Å²) in [4.78, 5) is 52.7. The lowest BCUT2D eigenvalue weighted by Crippen LogP contribution is -2.37. The van der Waals surface area contributed by atoms with Crippen LogP contribution in [-0.4, -0.2) is 49.6 Å². The molecule has 0 aromatic heterocycles. The molecule has 0 bridgehead atoms. The van der Waals surface area contributed by atoms with E-state index in [-0.39, 0.29) is 34.0 Å². The summed E-state index contributed by atoms with van der Waals surface area (Å²) in [6, 6.07) is 52.9. The SMILES string of the molecule is O=C1C2=C(CC3(COC(c4ccc5ccc6cccc7ccc4c5c67)OC3)C2)C(=O)c2ccccc21.O=C1C2=C(CC3(COC(c4ccc5ccc6cccc7ccc4c5c67)OC3)C2)C(=O)c2ccccc21. The largest absolute Gasteiger partial charge is 0.348 e. The van der Waals surface area contributed by atoms with Crippen LogP contribution < -0.4 is 0 Å². The van der Waals surface area contributed by atoms with Crippen LogP contribution in [0.5, 0.6) is 0 Å². The highest BCUT2D eigenvalue weighted by Gasteiger charge is 2.50. The molecule has 6 aliphatic rings. The summed E-state index contributed by atoms with van der Waals surface area (Å²) in [5, 5.41) is 14.6. The summed E-state index contributed by atoms with van der Waals surface area (Å²) in [5.74, 6) is -0.0890. The molecule has 2 aliphatic heterocycles. The molecule has 0 N–H and O–H groups in total. The van der Waals surface area contributed by atoms with Crippen LogP contribution in [0.15, 0.2) is 180 Å². The van der Waals surface area contributed by atoms with Crippen molar-refractivity contribution in [2.75, 3.05) is 26.4 Å². The topological polar surface area (TPSA) is 105 Å². The number of ketones is 4. The molecule has 2 heterocycles. The Bertz CT molecular complexity index is 3710. The molecule has 0 unspecified atom stereocenters. The minimum absolute atomic E-state index is 0.0222. The number of rotatable bonds is 2. The van der Waals surface area contributed by atoms with Gasteiger partial charge in [-0.25, -0.2) is 0 Å². The van der Waals surface area contributed by atoms with E-state index >= 15 is 0 Å². The number of allylic oxidation sites excluding steroid dienone is 4. The molecule has 2 saturated heterocycles. The van der Waals surface area contributed by atoms with Gasteiger partial charge in [0.05, 0.1) is 26.4 Å². The van der Waals surface area contributed by atoms with Crippen molar-refractivity contribution in [3.05, 3.63) is 213 Å². The van der Waals surface area contributed by atoms with Crippen molar-refractivity contribution in [1.29, 1.82) is 0 Å². The smallest absolute Gasteiger partial charge is 0.190 e. The molecule has 8 heteroatoms. The molecule has 348 valence electrons. The number of benzene rings is 10. The quantitative estimate of drug-likeness (QED) is 0.158. The zero-order valence-corrected chi connectivity index (χ0v) is 39.1. The summed E-state index contributed by atoms with van der Waals surface area (Å²) < 4.78 is 25.5. The van der Waals surface area contributed by atoms with Gasteiger partial charge in [0, 0.05) is 66.5 Å². The Morgan fingerprint density at radius 1 is 0.306 bits per heavy atom. The third-order valence-corrected chi connectivity index (χ3v) is 16.7. The van der Waals surface area contributed by atoms with E-state index in [1.54, 1.807) is 24.3 Å². The molecule has 0 atom stereocenters. The molecule has 0 saturated carbocycles. The molecule has 10 aromatic carbocycles. The lowest BCUT2D eigenvalue weighted by Gasteiger charge is -2.38. The predicted molar refractivity (Wildman–Crippen MR) is 277 cm³/mol. The van der Waals surface area contributed by atoms with Gasteiger partial charge in [0.15, 0.2) is 35.7 Å². The molecule has 4 aliphatic carbocycles. The molecule has 2 fully saturated rings. The van der Waals surface area contributed by atoms with E-state index in [0.717, 1.165) is 21.9 Å². The molecule has 16 rings (SSSR count). The zero-order valence-electron chi connectivity index (χ0n) is 39.1. The van der Waals surface area contributed by atoms with Gasteiger partial charge in [-0.15, -0.1) is 0 Å². The second kappa shape index (κ2) is 15.4. The van der Waals surface area contributed by atoms with E-state index in [2.05, 4.69) is 109 Å². The normalized spacial score (nSPS) is 19.7. The minimum Gasteiger partial charge on any atom is -0.348 e. The van der Waals surface area contributed by atoms with Crippen LogP contribution >= 0.6 is 0 Å². The number of carbonyl (C=O) groups excluding carboxylic acids is 4. The summed E-state index contributed by atoms with van der Waals surface area (Å²) in [6.45, 7) is 1.79. The third kappa shape index (κ3) is 6.07. The summed E-state index contributed by atoms with van der Waals surface area (Å²) in [6.07, 6.45) is 1.11. The van der Waals surface area contributed by atoms with Crippen molar-refractivity contribution in [1.82, 2.24) is 0 Å². The van der Waals surface area contributed by atoms with Crippen molar-refractivity contribution in [3.63, 3.8) is 0 Å². The van der Waals surface area contributed by atoms with Crippen molar-refractivity contribution in [2.45, 2.75) is 38.3 Å². The maximum Gasteiger partial charge on any atom is 0.190 e. The third-order valence-electron chi connectivity index (χ3n) is 16.7. The predicted octanol–water partition coefficient (Wildman–Crippen LogP) is 13.6. The highest BCUT2D eigenvalue weighted by atomic mass is 16.7. The van der Waals surface area contributed by atoms with Crippen molar-refractivity contribution >= 4 is 87.8 Å². The molecule has 2 spiro atoms. The summed E-state index contributed by atoms with van der Waals surface area (Å²) in [5.41, 5.74) is 5.93. The van der Waals surface area contributed by atoms with Crippen LogP contribution in [-0.2, 0) is 18.9 Å². The number of fused-ring (bicyclic) bond motifs is 2. The van der Waals surface area contributed by atoms with Crippen LogP contribution in [0.2, 0.25) is 0 Å². The number of ether oxygens (including phenoxy) is 4. The van der Waals surface area contributed by atoms with Crippen molar-refractivity contribution in [3.8, 4) is 0 Å². The first-order valence-corrected chi connectivity index (χ1v) is 24.8. The van der Waals surface area contributed by atoms with Crippen LogP contribution in [0, 0.1) is 10.8 Å². The monoisotopic (exact) mass is 940 g/mol. The Morgan fingerprint density at radius 2 is 0.583 bits per heavy atom. The molecule has 10 aromatic rings. The Balaban J connectivity index is 0.000000128. The molecule has 8 nitrogen and oxygen atoms in total. The van der Waals surface area contributed by atoms with Gasteiger partial charge in [-0.1, -0.05) is 158 Å². The lowest BCUT2D eigenvalue weighted by atomic mass is 9.84. The Kier molecular flexibility index (Phi) is 8.98. The van der Waals surface area contributed by atoms with E-state index in [4.69, 9.17) is 18.9 Å². The maximum absolute atomic E-state index is 13.2. The van der Waals surface area contributed by atoms with Crippen molar-refractivity contribution < 1.29 is 38.1 Å². The standard InChI is InChI=1S/2C32H22O4/c2*33-29-22-6-1-2-7-23(22)30(34)26-15-32(14-25(26)29)16-35-31(36-17-32)24-13-11-20-9-8-18-4-3-5-19-10-12-21(24)28(20)27(18)19/h2*1-13,31H,14-17H2. The van der Waals surface area contributed by atoms with E-state index in [9.17, 15) is 19.2 Å². The number of hydrogen-bond donors (Lipinski definition) is 0. The molecular weight excluding hydrogens is 897 g/mol. The van der Waals surface area contributed by atoms with Gasteiger partial charge >= 0.3 is 0 Å². The van der Waals surface area contributed by atoms with E-state index in [1.165, 1.54) is 53.9 Å². The van der Waals surface area contributed by atoms with E-state index in [0.29, 0.717) is 96.7 Å². The van der Waals surface area contributed by atoms with Gasteiger partial charge in [-0.2, -0.15) is 0 Å². The second-order valence-corrected chi connectivity index (χ2v) is 21.0. The average Bonchev–Trinajstić information content (AvgIpc) is 4.00. The van der Waals surface area contributed by atoms with Gasteiger partial charge < -0.3 is 18.9 Å². The highest BCUT2D eigenvalue weighted by Crippen LogP contribution is 2.53. The van der Waals surface area contributed by atoms with Crippen LogP contribution in [0.4, 0.5) is 0 Å². The minimum atomic E-state index is -0.485. The Hall–Kier alpha value is -7.72. The maximum atomic E-state index is 13.2. The number of hydrogen-bond acceptors (Lipinski definition) is 8. The van der Waals surface area contributed by atoms with Crippen molar-refractivity contribution in [2.24, 2.45) is 10.8 Å². The molecule has 0 radical (unpaired) electrons. The van der Waals surface area contributed by atoms with E-state index in [1.807, 2.05) is 24.3 Å². The number of carbonyl (C=O) groups is 4. The first-order chi connectivity index (χ1) is 35.2. The summed E-state index contributed by atoms with van der Waals surface area (Å²) >= 11 is 0. The molecular formula is C64H44O8. The van der Waals surface area contributed by atoms with E-state index < -0.39 is 12.6 Å². The van der Waals surface area contributed by atoms with Gasteiger partial charge in [-0.05, 0) is 90.3 Å². The highest BCUT2D eigenvalue weighted by molar-refractivity contribution is 6.29. The first kappa shape index (κ1) is 42.0. The first-order valence-electron chi connectivity index (χ1n) is 24.8. The van der Waals surface area contributed by atoms with Crippen LogP contribution in [0.25, 0.3) is 64.6 Å². The Morgan fingerprint density at radius 3 is 0.903 bits per heavy atom. The van der Waals surface area contributed by atoms with Gasteiger partial charge in [0.2, 0.25) is 0 Å². The zero-order chi connectivity index (χ0) is 48.0. The van der Waals surface area contributed by atoms with Crippen LogP contribution in [0.1, 0.15) is 90.8 Å².